The minimum Gasteiger partial charge on any atom is -0.529 e. The van der Waals surface area contributed by atoms with Crippen LogP contribution in [0.15, 0.2) is 46.2 Å². The third kappa shape index (κ3) is 30.7. The molecule has 0 spiro atoms. The molecule has 0 unspecified atom stereocenters. The molecule has 2 N–H and O–H groups in total. The summed E-state index contributed by atoms with van der Waals surface area (Å²) in [5.74, 6) is 0. The van der Waals surface area contributed by atoms with Gasteiger partial charge < -0.3 is 29.2 Å². The SMILES string of the molecule is CCCCCCCCc1cccc(SSNC(=O)[O-])c1CCCCCCCC.CCCCCCCCc1cccc(SSNC(=O)[O-])c1CCCCCCCC.[Zn+2]. The van der Waals surface area contributed by atoms with Gasteiger partial charge in [-0.05, 0) is 107 Å². The van der Waals surface area contributed by atoms with Gasteiger partial charge in [-0.3, -0.25) is 0 Å². The molecular weight excluding hydrogens is 838 g/mol. The van der Waals surface area contributed by atoms with Crippen molar-refractivity contribution >= 4 is 55.7 Å². The van der Waals surface area contributed by atoms with Crippen molar-refractivity contribution in [3.63, 3.8) is 0 Å². The minimum atomic E-state index is -1.24. The van der Waals surface area contributed by atoms with Crippen LogP contribution in [0.2, 0.25) is 0 Å². The van der Waals surface area contributed by atoms with Crippen LogP contribution in [0.4, 0.5) is 9.59 Å². The summed E-state index contributed by atoms with van der Waals surface area (Å²) in [4.78, 5) is 23.6. The van der Waals surface area contributed by atoms with Crippen LogP contribution in [0, 0.1) is 0 Å². The molecule has 0 aliphatic carbocycles. The molecule has 0 aliphatic heterocycles. The third-order valence-electron chi connectivity index (χ3n) is 10.1. The summed E-state index contributed by atoms with van der Waals surface area (Å²) in [6.45, 7) is 9.01. The fourth-order valence-electron chi connectivity index (χ4n) is 6.97. The summed E-state index contributed by atoms with van der Waals surface area (Å²) in [5.41, 5.74) is 5.74. The minimum absolute atomic E-state index is 0. The number of carbonyl (C=O) groups excluding carboxylic acids is 2. The van der Waals surface area contributed by atoms with Crippen molar-refractivity contribution in [1.29, 1.82) is 0 Å². The Hall–Kier alpha value is -0.997. The number of nitrogens with one attached hydrogen (secondary N) is 2. The largest absolute Gasteiger partial charge is 2.00 e. The van der Waals surface area contributed by atoms with E-state index in [0.717, 1.165) is 47.6 Å². The molecule has 2 aromatic rings. The Kier molecular flexibility index (Phi) is 39.7. The van der Waals surface area contributed by atoms with Crippen molar-refractivity contribution in [2.24, 2.45) is 0 Å². The first kappa shape index (κ1) is 56.0. The number of carbonyl (C=O) groups is 2. The van der Waals surface area contributed by atoms with Crippen molar-refractivity contribution in [3.8, 4) is 0 Å². The van der Waals surface area contributed by atoms with Crippen molar-refractivity contribution in [2.45, 2.75) is 217 Å². The molecule has 2 aromatic carbocycles. The predicted octanol–water partition coefficient (Wildman–Crippen LogP) is 14.2. The standard InChI is InChI=1S/2C23H39NO2S2.Zn/c2*1-3-5-7-9-11-13-16-20-17-15-19-22(27-28-24-23(25)26)21(20)18-14-12-10-8-6-4-2;/h2*15,17,19,24H,3-14,16,18H2,1-2H3,(H,25,26);/q;;+2/p-2. The van der Waals surface area contributed by atoms with Crippen LogP contribution < -0.4 is 19.7 Å². The molecule has 2 rings (SSSR count). The Labute approximate surface area is 377 Å². The third-order valence-corrected chi connectivity index (χ3v) is 14.0. The predicted molar refractivity (Wildman–Crippen MR) is 245 cm³/mol. The first-order valence-corrected chi connectivity index (χ1v) is 26.5. The van der Waals surface area contributed by atoms with E-state index in [4.69, 9.17) is 0 Å². The van der Waals surface area contributed by atoms with Gasteiger partial charge in [0.2, 0.25) is 0 Å². The number of benzene rings is 2. The average Bonchev–Trinajstić information content (AvgIpc) is 3.18. The van der Waals surface area contributed by atoms with Crippen LogP contribution in [0.1, 0.15) is 204 Å². The van der Waals surface area contributed by atoms with E-state index >= 15 is 0 Å². The molecule has 0 bridgehead atoms. The zero-order valence-corrected chi connectivity index (χ0v) is 42.5. The normalized spacial score (nSPS) is 10.7. The second kappa shape index (κ2) is 40.4. The number of unbranched alkanes of at least 4 members (excludes halogenated alkanes) is 20. The van der Waals surface area contributed by atoms with Gasteiger partial charge in [0.1, 0.15) is 12.2 Å². The Balaban J connectivity index is 0.00000108. The summed E-state index contributed by atoms with van der Waals surface area (Å²) >= 11 is 0. The van der Waals surface area contributed by atoms with E-state index in [0.29, 0.717) is 0 Å². The fourth-order valence-corrected chi connectivity index (χ4v) is 10.4. The molecule has 11 heteroatoms. The van der Waals surface area contributed by atoms with Crippen molar-refractivity contribution in [3.05, 3.63) is 58.7 Å². The van der Waals surface area contributed by atoms with Crippen LogP contribution in [0.25, 0.3) is 0 Å². The first-order valence-electron chi connectivity index (χ1n) is 22.2. The number of carboxylic acid groups (broad SMARTS) is 2. The van der Waals surface area contributed by atoms with E-state index in [9.17, 15) is 19.8 Å². The van der Waals surface area contributed by atoms with E-state index in [-0.39, 0.29) is 19.5 Å². The summed E-state index contributed by atoms with van der Waals surface area (Å²) in [6.07, 6.45) is 33.2. The van der Waals surface area contributed by atoms with Crippen LogP contribution in [-0.2, 0) is 45.2 Å². The summed E-state index contributed by atoms with van der Waals surface area (Å²) in [5, 5.41) is 21.3. The second-order valence-corrected chi connectivity index (χ2v) is 18.9. The maximum absolute atomic E-state index is 10.6. The molecule has 0 saturated carbocycles. The van der Waals surface area contributed by atoms with Gasteiger partial charge >= 0.3 is 19.5 Å². The second-order valence-electron chi connectivity index (χ2n) is 15.0. The Morgan fingerprint density at radius 3 is 1.02 bits per heavy atom. The molecule has 0 radical (unpaired) electrons. The van der Waals surface area contributed by atoms with E-state index in [2.05, 4.69) is 73.5 Å². The molecule has 0 atom stereocenters. The van der Waals surface area contributed by atoms with Gasteiger partial charge in [0.15, 0.2) is 0 Å². The quantitative estimate of drug-likeness (QED) is 0.0310. The van der Waals surface area contributed by atoms with Crippen LogP contribution in [0.3, 0.4) is 0 Å². The van der Waals surface area contributed by atoms with Gasteiger partial charge in [-0.2, -0.15) is 0 Å². The molecule has 0 saturated heterocycles. The van der Waals surface area contributed by atoms with Gasteiger partial charge in [-0.25, -0.2) is 0 Å². The molecule has 0 fully saturated rings. The monoisotopic (exact) mass is 912 g/mol. The smallest absolute Gasteiger partial charge is 0.529 e. The zero-order chi connectivity index (χ0) is 40.9. The molecule has 0 heterocycles. The number of hydrogen-bond donors (Lipinski definition) is 2. The van der Waals surface area contributed by atoms with Gasteiger partial charge in [-0.15, -0.1) is 0 Å². The average molecular weight is 915 g/mol. The Bertz CT molecular complexity index is 1180. The van der Waals surface area contributed by atoms with Crippen LogP contribution in [-0.4, -0.2) is 12.2 Å². The molecular formula is C46H76N2O4S4Zn. The molecule has 0 aliphatic rings. The molecule has 0 aromatic heterocycles. The van der Waals surface area contributed by atoms with Gasteiger partial charge in [0, 0.05) is 31.8 Å². The van der Waals surface area contributed by atoms with E-state index in [1.54, 1.807) is 0 Å². The van der Waals surface area contributed by atoms with Gasteiger partial charge in [0.25, 0.3) is 0 Å². The number of hydrogen-bond acceptors (Lipinski definition) is 8. The number of amides is 2. The van der Waals surface area contributed by atoms with Gasteiger partial charge in [-0.1, -0.05) is 180 Å². The summed E-state index contributed by atoms with van der Waals surface area (Å²) < 4.78 is 4.58. The Morgan fingerprint density at radius 2 is 0.719 bits per heavy atom. The van der Waals surface area contributed by atoms with Crippen molar-refractivity contribution in [2.75, 3.05) is 0 Å². The maximum atomic E-state index is 10.6. The van der Waals surface area contributed by atoms with Crippen LogP contribution in [0.5, 0.6) is 0 Å². The Morgan fingerprint density at radius 1 is 0.439 bits per heavy atom. The molecule has 57 heavy (non-hydrogen) atoms. The summed E-state index contributed by atoms with van der Waals surface area (Å²) in [6, 6.07) is 13.0. The molecule has 320 valence electrons. The van der Waals surface area contributed by atoms with Crippen molar-refractivity contribution < 1.29 is 39.3 Å². The fraction of sp³-hybridized carbons (Fsp3) is 0.696. The number of rotatable bonds is 34. The first-order chi connectivity index (χ1) is 27.4. The maximum Gasteiger partial charge on any atom is 2.00 e. The molecule has 6 nitrogen and oxygen atoms in total. The van der Waals surface area contributed by atoms with E-state index < -0.39 is 12.2 Å². The summed E-state index contributed by atoms with van der Waals surface area (Å²) in [7, 11) is 5.25. The topological polar surface area (TPSA) is 104 Å². The molecule has 2 amide bonds. The van der Waals surface area contributed by atoms with Gasteiger partial charge in [0.05, 0.1) is 0 Å². The van der Waals surface area contributed by atoms with E-state index in [1.807, 2.05) is 0 Å². The zero-order valence-electron chi connectivity index (χ0n) is 36.2. The number of aryl methyl sites for hydroxylation is 2. The van der Waals surface area contributed by atoms with Crippen molar-refractivity contribution in [1.82, 2.24) is 9.44 Å². The van der Waals surface area contributed by atoms with E-state index in [1.165, 1.54) is 208 Å². The van der Waals surface area contributed by atoms with Crippen LogP contribution >= 0.6 is 43.5 Å².